The summed E-state index contributed by atoms with van der Waals surface area (Å²) in [5, 5.41) is 8.83. The van der Waals surface area contributed by atoms with Crippen LogP contribution in [0.3, 0.4) is 0 Å². The predicted octanol–water partition coefficient (Wildman–Crippen LogP) is 3.22. The number of anilines is 1. The Morgan fingerprint density at radius 2 is 1.75 bits per heavy atom. The molecule has 0 unspecified atom stereocenters. The number of Topliss-reactive ketones (excluding diaryl/α,β-unsaturated/α-hetero) is 1. The lowest BCUT2D eigenvalue weighted by molar-refractivity contribution is -0.136. The minimum Gasteiger partial charge on any atom is -0.481 e. The van der Waals surface area contributed by atoms with Crippen molar-refractivity contribution in [2.75, 3.05) is 18.0 Å². The number of aliphatic carboxylic acids is 1. The van der Waals surface area contributed by atoms with Crippen molar-refractivity contribution < 1.29 is 14.7 Å². The van der Waals surface area contributed by atoms with E-state index in [0.717, 1.165) is 18.7 Å². The topological polar surface area (TPSA) is 57.6 Å². The van der Waals surface area contributed by atoms with E-state index in [1.807, 2.05) is 12.1 Å². The molecule has 1 N–H and O–H groups in total. The maximum Gasteiger partial charge on any atom is 0.305 e. The molecule has 1 rings (SSSR count). The summed E-state index contributed by atoms with van der Waals surface area (Å²) < 4.78 is 0. The van der Waals surface area contributed by atoms with Crippen LogP contribution in [0.5, 0.6) is 0 Å². The fourth-order valence-corrected chi connectivity index (χ4v) is 1.92. The van der Waals surface area contributed by atoms with Crippen LogP contribution in [0, 0.1) is 5.92 Å². The van der Waals surface area contributed by atoms with Gasteiger partial charge in [0.25, 0.3) is 0 Å². The first-order chi connectivity index (χ1) is 9.40. The second kappa shape index (κ2) is 7.68. The normalized spacial score (nSPS) is 10.6. The molecule has 0 saturated carbocycles. The lowest BCUT2D eigenvalue weighted by Gasteiger charge is -2.25. The molecule has 0 bridgehead atoms. The van der Waals surface area contributed by atoms with Crippen LogP contribution in [0.25, 0.3) is 0 Å². The van der Waals surface area contributed by atoms with Crippen molar-refractivity contribution in [1.82, 2.24) is 0 Å². The van der Waals surface area contributed by atoms with Crippen LogP contribution in [0.2, 0.25) is 0 Å². The lowest BCUT2D eigenvalue weighted by atomic mass is 10.1. The van der Waals surface area contributed by atoms with Gasteiger partial charge in [-0.2, -0.15) is 0 Å². The molecule has 0 saturated heterocycles. The minimum atomic E-state index is -0.792. The van der Waals surface area contributed by atoms with Gasteiger partial charge in [0, 0.05) is 24.3 Å². The zero-order chi connectivity index (χ0) is 15.1. The first-order valence-corrected chi connectivity index (χ1v) is 6.98. The fraction of sp³-hybridized carbons (Fsp3) is 0.500. The Balaban J connectivity index is 2.79. The molecule has 0 aromatic heterocycles. The molecule has 110 valence electrons. The fourth-order valence-electron chi connectivity index (χ4n) is 1.92. The van der Waals surface area contributed by atoms with E-state index in [0.29, 0.717) is 18.0 Å². The highest BCUT2D eigenvalue weighted by atomic mass is 16.4. The zero-order valence-electron chi connectivity index (χ0n) is 12.4. The Morgan fingerprint density at radius 3 is 2.20 bits per heavy atom. The van der Waals surface area contributed by atoms with Gasteiger partial charge in [-0.3, -0.25) is 9.59 Å². The second-order valence-corrected chi connectivity index (χ2v) is 5.42. The van der Waals surface area contributed by atoms with Crippen molar-refractivity contribution in [3.05, 3.63) is 29.8 Å². The average molecular weight is 277 g/mol. The van der Waals surface area contributed by atoms with Gasteiger partial charge in [0.1, 0.15) is 0 Å². The molecule has 0 atom stereocenters. The van der Waals surface area contributed by atoms with Crippen LogP contribution in [0.4, 0.5) is 5.69 Å². The number of hydrogen-bond donors (Lipinski definition) is 1. The van der Waals surface area contributed by atoms with Gasteiger partial charge >= 0.3 is 5.97 Å². The predicted molar refractivity (Wildman–Crippen MR) is 80.4 cm³/mol. The van der Waals surface area contributed by atoms with Crippen LogP contribution < -0.4 is 4.90 Å². The van der Waals surface area contributed by atoms with Gasteiger partial charge in [0.2, 0.25) is 0 Å². The molecule has 0 heterocycles. The van der Waals surface area contributed by atoms with Gasteiger partial charge in [-0.1, -0.05) is 13.8 Å². The largest absolute Gasteiger partial charge is 0.481 e. The average Bonchev–Trinajstić information content (AvgIpc) is 2.38. The van der Waals surface area contributed by atoms with E-state index in [1.54, 1.807) is 12.1 Å². The van der Waals surface area contributed by atoms with E-state index in [1.165, 1.54) is 6.92 Å². The monoisotopic (exact) mass is 277 g/mol. The number of carboxylic acid groups (broad SMARTS) is 1. The number of carboxylic acids is 1. The Kier molecular flexibility index (Phi) is 6.22. The molecule has 1 aromatic rings. The molecule has 1 aromatic carbocycles. The van der Waals surface area contributed by atoms with Gasteiger partial charge in [0.05, 0.1) is 6.42 Å². The van der Waals surface area contributed by atoms with Crippen LogP contribution in [0.15, 0.2) is 24.3 Å². The zero-order valence-corrected chi connectivity index (χ0v) is 12.4. The van der Waals surface area contributed by atoms with E-state index in [-0.39, 0.29) is 12.2 Å². The molecule has 0 radical (unpaired) electrons. The van der Waals surface area contributed by atoms with E-state index >= 15 is 0 Å². The molecule has 0 aliphatic rings. The third-order valence-electron chi connectivity index (χ3n) is 3.21. The molecule has 0 amide bonds. The van der Waals surface area contributed by atoms with Gasteiger partial charge in [-0.15, -0.1) is 0 Å². The number of benzene rings is 1. The second-order valence-electron chi connectivity index (χ2n) is 5.42. The molecule has 4 nitrogen and oxygen atoms in total. The molecule has 0 aliphatic carbocycles. The number of rotatable bonds is 8. The highest BCUT2D eigenvalue weighted by molar-refractivity contribution is 5.94. The molecule has 0 fully saturated rings. The van der Waals surface area contributed by atoms with E-state index in [4.69, 9.17) is 5.11 Å². The Labute approximate surface area is 120 Å². The van der Waals surface area contributed by atoms with Gasteiger partial charge in [-0.05, 0) is 43.5 Å². The summed E-state index contributed by atoms with van der Waals surface area (Å²) >= 11 is 0. The van der Waals surface area contributed by atoms with Crippen LogP contribution >= 0.6 is 0 Å². The maximum absolute atomic E-state index is 11.3. The van der Waals surface area contributed by atoms with Gasteiger partial charge < -0.3 is 10.0 Å². The quantitative estimate of drug-likeness (QED) is 0.741. The summed E-state index contributed by atoms with van der Waals surface area (Å²) in [5.41, 5.74) is 1.65. The summed E-state index contributed by atoms with van der Waals surface area (Å²) in [4.78, 5) is 24.1. The van der Waals surface area contributed by atoms with E-state index < -0.39 is 5.97 Å². The molecular weight excluding hydrogens is 254 g/mol. The number of hydrogen-bond acceptors (Lipinski definition) is 3. The van der Waals surface area contributed by atoms with Crippen molar-refractivity contribution >= 4 is 17.4 Å². The SMILES string of the molecule is CC(=O)c1ccc(N(CCC(=O)O)CCC(C)C)cc1. The van der Waals surface area contributed by atoms with Crippen molar-refractivity contribution in [2.45, 2.75) is 33.6 Å². The Bertz CT molecular complexity index is 451. The van der Waals surface area contributed by atoms with E-state index in [9.17, 15) is 9.59 Å². The molecule has 0 spiro atoms. The summed E-state index contributed by atoms with van der Waals surface area (Å²) in [6.07, 6.45) is 1.13. The van der Waals surface area contributed by atoms with Crippen LogP contribution in [-0.4, -0.2) is 29.9 Å². The van der Waals surface area contributed by atoms with Crippen molar-refractivity contribution in [1.29, 1.82) is 0 Å². The van der Waals surface area contributed by atoms with Crippen molar-refractivity contribution in [2.24, 2.45) is 5.92 Å². The summed E-state index contributed by atoms with van der Waals surface area (Å²) in [6, 6.07) is 7.36. The highest BCUT2D eigenvalue weighted by Gasteiger charge is 2.10. The standard InChI is InChI=1S/C16H23NO3/c1-12(2)8-10-17(11-9-16(19)20)15-6-4-14(5-7-15)13(3)18/h4-7,12H,8-11H2,1-3H3,(H,19,20). The Hall–Kier alpha value is -1.84. The molecular formula is C16H23NO3. The third kappa shape index (κ3) is 5.43. The Morgan fingerprint density at radius 1 is 1.15 bits per heavy atom. The highest BCUT2D eigenvalue weighted by Crippen LogP contribution is 2.17. The number of carbonyl (C=O) groups is 2. The first kappa shape index (κ1) is 16.2. The summed E-state index contributed by atoms with van der Waals surface area (Å²) in [7, 11) is 0. The lowest BCUT2D eigenvalue weighted by Crippen LogP contribution is -2.28. The molecule has 4 heteroatoms. The smallest absolute Gasteiger partial charge is 0.305 e. The number of carbonyl (C=O) groups excluding carboxylic acids is 1. The van der Waals surface area contributed by atoms with E-state index in [2.05, 4.69) is 18.7 Å². The summed E-state index contributed by atoms with van der Waals surface area (Å²) in [5.74, 6) is -0.186. The third-order valence-corrected chi connectivity index (χ3v) is 3.21. The minimum absolute atomic E-state index is 0.0378. The van der Waals surface area contributed by atoms with Gasteiger partial charge in [0.15, 0.2) is 5.78 Å². The van der Waals surface area contributed by atoms with Crippen LogP contribution in [-0.2, 0) is 4.79 Å². The van der Waals surface area contributed by atoms with Crippen molar-refractivity contribution in [3.8, 4) is 0 Å². The molecule has 0 aliphatic heterocycles. The number of ketones is 1. The molecule has 20 heavy (non-hydrogen) atoms. The first-order valence-electron chi connectivity index (χ1n) is 6.98. The summed E-state index contributed by atoms with van der Waals surface area (Å²) in [6.45, 7) is 7.14. The maximum atomic E-state index is 11.3. The van der Waals surface area contributed by atoms with Crippen molar-refractivity contribution in [3.63, 3.8) is 0 Å². The van der Waals surface area contributed by atoms with Crippen LogP contribution in [0.1, 0.15) is 44.0 Å². The number of nitrogens with zero attached hydrogens (tertiary/aromatic N) is 1. The van der Waals surface area contributed by atoms with Gasteiger partial charge in [-0.25, -0.2) is 0 Å².